The third-order valence-corrected chi connectivity index (χ3v) is 2.72. The summed E-state index contributed by atoms with van der Waals surface area (Å²) < 4.78 is 10.4. The molecule has 0 atom stereocenters. The van der Waals surface area contributed by atoms with E-state index in [2.05, 4.69) is 12.1 Å². The van der Waals surface area contributed by atoms with Crippen LogP contribution in [0.1, 0.15) is 24.3 Å². The van der Waals surface area contributed by atoms with Gasteiger partial charge in [0.1, 0.15) is 5.75 Å². The molecule has 1 fully saturated rings. The van der Waals surface area contributed by atoms with Gasteiger partial charge in [0, 0.05) is 19.3 Å². The number of methoxy groups -OCH3 is 1. The molecular weight excluding hydrogens is 176 g/mol. The fourth-order valence-corrected chi connectivity index (χ4v) is 1.83. The Bertz CT molecular complexity index is 273. The van der Waals surface area contributed by atoms with E-state index in [1.165, 1.54) is 5.56 Å². The zero-order valence-corrected chi connectivity index (χ0v) is 8.45. The summed E-state index contributed by atoms with van der Waals surface area (Å²) in [6.45, 7) is 1.77. The molecule has 1 aliphatic heterocycles. The maximum Gasteiger partial charge on any atom is 0.126 e. The molecule has 1 aromatic rings. The second-order valence-electron chi connectivity index (χ2n) is 3.58. The Morgan fingerprint density at radius 1 is 1.36 bits per heavy atom. The second-order valence-corrected chi connectivity index (χ2v) is 3.58. The summed E-state index contributed by atoms with van der Waals surface area (Å²) in [6, 6.07) is 9.26. The highest BCUT2D eigenvalue weighted by molar-refractivity contribution is 5.28. The van der Waals surface area contributed by atoms with Crippen LogP contribution in [0.15, 0.2) is 18.2 Å². The van der Waals surface area contributed by atoms with E-state index in [0.717, 1.165) is 31.8 Å². The highest BCUT2D eigenvalue weighted by Crippen LogP contribution is 2.27. The first-order valence-electron chi connectivity index (χ1n) is 5.03. The number of hydrogen-bond acceptors (Lipinski definition) is 2. The maximum atomic E-state index is 5.33. The summed E-state index contributed by atoms with van der Waals surface area (Å²) in [4.78, 5) is 0. The molecule has 0 spiro atoms. The van der Waals surface area contributed by atoms with Gasteiger partial charge in [-0.05, 0) is 36.5 Å². The monoisotopic (exact) mass is 191 g/mol. The van der Waals surface area contributed by atoms with Crippen LogP contribution >= 0.6 is 0 Å². The standard InChI is InChI=1S/C12H15O2/c1-13-12-4-2-10(3-5-12)11-6-8-14-9-7-11/h2-4,11H,6-9H2,1H3. The van der Waals surface area contributed by atoms with Gasteiger partial charge in [0.2, 0.25) is 0 Å². The van der Waals surface area contributed by atoms with E-state index in [1.807, 2.05) is 12.1 Å². The number of benzene rings is 1. The molecule has 0 amide bonds. The molecule has 75 valence electrons. The van der Waals surface area contributed by atoms with Crippen molar-refractivity contribution in [2.75, 3.05) is 20.3 Å². The minimum absolute atomic E-state index is 0.644. The van der Waals surface area contributed by atoms with Crippen molar-refractivity contribution in [1.82, 2.24) is 0 Å². The van der Waals surface area contributed by atoms with Crippen molar-refractivity contribution >= 4 is 0 Å². The van der Waals surface area contributed by atoms with Crippen molar-refractivity contribution in [3.05, 3.63) is 29.8 Å². The smallest absolute Gasteiger partial charge is 0.126 e. The van der Waals surface area contributed by atoms with Gasteiger partial charge in [-0.15, -0.1) is 0 Å². The molecule has 1 saturated heterocycles. The van der Waals surface area contributed by atoms with Gasteiger partial charge in [0.15, 0.2) is 0 Å². The number of ether oxygens (including phenoxy) is 2. The normalized spacial score (nSPS) is 18.1. The van der Waals surface area contributed by atoms with E-state index in [0.29, 0.717) is 5.92 Å². The SMILES string of the molecule is COc1[c]cc(C2CCOCC2)cc1. The second kappa shape index (κ2) is 4.47. The van der Waals surface area contributed by atoms with Gasteiger partial charge in [-0.1, -0.05) is 6.07 Å². The molecule has 0 aliphatic carbocycles. The van der Waals surface area contributed by atoms with Gasteiger partial charge >= 0.3 is 0 Å². The Balaban J connectivity index is 2.07. The molecule has 14 heavy (non-hydrogen) atoms. The van der Waals surface area contributed by atoms with E-state index in [9.17, 15) is 0 Å². The van der Waals surface area contributed by atoms with Crippen LogP contribution in [0.4, 0.5) is 0 Å². The lowest BCUT2D eigenvalue weighted by Crippen LogP contribution is -2.13. The van der Waals surface area contributed by atoms with Crippen LogP contribution in [0.2, 0.25) is 0 Å². The third kappa shape index (κ3) is 2.07. The molecule has 1 radical (unpaired) electrons. The van der Waals surface area contributed by atoms with Crippen LogP contribution in [-0.4, -0.2) is 20.3 Å². The van der Waals surface area contributed by atoms with Crippen LogP contribution in [-0.2, 0) is 4.74 Å². The highest BCUT2D eigenvalue weighted by Gasteiger charge is 2.15. The van der Waals surface area contributed by atoms with Gasteiger partial charge < -0.3 is 9.47 Å². The van der Waals surface area contributed by atoms with Crippen LogP contribution in [0.5, 0.6) is 5.75 Å². The van der Waals surface area contributed by atoms with Crippen LogP contribution in [0.25, 0.3) is 0 Å². The van der Waals surface area contributed by atoms with Crippen LogP contribution < -0.4 is 4.74 Å². The lowest BCUT2D eigenvalue weighted by molar-refractivity contribution is 0.0853. The molecule has 0 aromatic heterocycles. The van der Waals surface area contributed by atoms with E-state index in [-0.39, 0.29) is 0 Å². The maximum absolute atomic E-state index is 5.33. The Kier molecular flexibility index (Phi) is 3.04. The topological polar surface area (TPSA) is 18.5 Å². The van der Waals surface area contributed by atoms with E-state index >= 15 is 0 Å². The minimum atomic E-state index is 0.644. The molecular formula is C12H15O2. The number of hydrogen-bond donors (Lipinski definition) is 0. The first-order chi connectivity index (χ1) is 6.90. The summed E-state index contributed by atoms with van der Waals surface area (Å²) in [5.41, 5.74) is 1.36. The van der Waals surface area contributed by atoms with Gasteiger partial charge in [0.05, 0.1) is 7.11 Å². The predicted octanol–water partition coefficient (Wildman–Crippen LogP) is 2.39. The zero-order chi connectivity index (χ0) is 9.80. The lowest BCUT2D eigenvalue weighted by atomic mass is 9.92. The quantitative estimate of drug-likeness (QED) is 0.714. The molecule has 0 unspecified atom stereocenters. The van der Waals surface area contributed by atoms with E-state index in [1.54, 1.807) is 7.11 Å². The average Bonchev–Trinajstić information content (AvgIpc) is 2.30. The van der Waals surface area contributed by atoms with Crippen LogP contribution in [0.3, 0.4) is 0 Å². The van der Waals surface area contributed by atoms with Gasteiger partial charge in [-0.3, -0.25) is 0 Å². The summed E-state index contributed by atoms with van der Waals surface area (Å²) >= 11 is 0. The summed E-state index contributed by atoms with van der Waals surface area (Å²) in [5, 5.41) is 0. The molecule has 2 nitrogen and oxygen atoms in total. The summed E-state index contributed by atoms with van der Waals surface area (Å²) in [5.74, 6) is 1.45. The fourth-order valence-electron chi connectivity index (χ4n) is 1.83. The molecule has 2 heteroatoms. The molecule has 1 heterocycles. The first kappa shape index (κ1) is 9.53. The largest absolute Gasteiger partial charge is 0.496 e. The molecule has 0 saturated carbocycles. The van der Waals surface area contributed by atoms with E-state index in [4.69, 9.17) is 9.47 Å². The Morgan fingerprint density at radius 2 is 2.14 bits per heavy atom. The third-order valence-electron chi connectivity index (χ3n) is 2.72. The predicted molar refractivity (Wildman–Crippen MR) is 54.6 cm³/mol. The van der Waals surface area contributed by atoms with Crippen molar-refractivity contribution in [2.24, 2.45) is 0 Å². The first-order valence-corrected chi connectivity index (χ1v) is 5.03. The van der Waals surface area contributed by atoms with Crippen molar-refractivity contribution in [3.8, 4) is 5.75 Å². The fraction of sp³-hybridized carbons (Fsp3) is 0.500. The van der Waals surface area contributed by atoms with Crippen LogP contribution in [0, 0.1) is 6.07 Å². The van der Waals surface area contributed by atoms with E-state index < -0.39 is 0 Å². The molecule has 1 aliphatic rings. The van der Waals surface area contributed by atoms with Gasteiger partial charge in [0.25, 0.3) is 0 Å². The van der Waals surface area contributed by atoms with Gasteiger partial charge in [-0.2, -0.15) is 0 Å². The van der Waals surface area contributed by atoms with Crippen molar-refractivity contribution in [2.45, 2.75) is 18.8 Å². The highest BCUT2D eigenvalue weighted by atomic mass is 16.5. The Morgan fingerprint density at radius 3 is 2.71 bits per heavy atom. The summed E-state index contributed by atoms with van der Waals surface area (Å²) in [6.07, 6.45) is 2.25. The average molecular weight is 191 g/mol. The molecule has 2 rings (SSSR count). The number of rotatable bonds is 2. The summed E-state index contributed by atoms with van der Waals surface area (Å²) in [7, 11) is 1.67. The minimum Gasteiger partial charge on any atom is -0.496 e. The Hall–Kier alpha value is -1.02. The van der Waals surface area contributed by atoms with Crippen molar-refractivity contribution < 1.29 is 9.47 Å². The molecule has 1 aromatic carbocycles. The van der Waals surface area contributed by atoms with Crippen molar-refractivity contribution in [1.29, 1.82) is 0 Å². The molecule has 0 bridgehead atoms. The Labute approximate surface area is 84.8 Å². The van der Waals surface area contributed by atoms with Crippen molar-refractivity contribution in [3.63, 3.8) is 0 Å². The van der Waals surface area contributed by atoms with Gasteiger partial charge in [-0.25, -0.2) is 0 Å². The lowest BCUT2D eigenvalue weighted by Gasteiger charge is -2.22. The molecule has 0 N–H and O–H groups in total. The zero-order valence-electron chi connectivity index (χ0n) is 8.45.